The number of halogens is 3. The second-order valence-corrected chi connectivity index (χ2v) is 7.99. The minimum Gasteiger partial charge on any atom is -0.339 e. The van der Waals surface area contributed by atoms with Crippen molar-refractivity contribution >= 4 is 17.5 Å². The minimum absolute atomic E-state index is 0.0552. The van der Waals surface area contributed by atoms with Crippen LogP contribution in [-0.2, 0) is 6.18 Å². The zero-order valence-electron chi connectivity index (χ0n) is 18.2. The number of anilines is 1. The number of alkyl halides is 3. The quantitative estimate of drug-likeness (QED) is 0.624. The Balaban J connectivity index is 1.62. The number of rotatable bonds is 4. The molecule has 7 nitrogen and oxygen atoms in total. The number of nitrogens with zero attached hydrogens (tertiary/aromatic N) is 3. The van der Waals surface area contributed by atoms with Crippen LogP contribution in [0, 0.1) is 6.92 Å². The molecule has 1 aliphatic heterocycles. The number of carbonyl (C=O) groups excluding carboxylic acids is 2. The maximum absolute atomic E-state index is 13.1. The number of hydrogen-bond acceptors (Lipinski definition) is 4. The van der Waals surface area contributed by atoms with Crippen LogP contribution in [0.15, 0.2) is 59.4 Å². The molecule has 2 amide bonds. The van der Waals surface area contributed by atoms with E-state index in [1.165, 1.54) is 25.1 Å². The first-order valence-electron chi connectivity index (χ1n) is 10.6. The van der Waals surface area contributed by atoms with Gasteiger partial charge in [0.2, 0.25) is 5.43 Å². The fraction of sp³-hybridized carbons (Fsp3) is 0.250. The van der Waals surface area contributed by atoms with Crippen LogP contribution >= 0.6 is 0 Å². The molecule has 2 aromatic carbocycles. The number of benzene rings is 2. The highest BCUT2D eigenvalue weighted by atomic mass is 19.4. The van der Waals surface area contributed by atoms with Crippen LogP contribution in [-0.4, -0.2) is 39.6 Å². The lowest BCUT2D eigenvalue weighted by Gasteiger charge is -2.16. The third kappa shape index (κ3) is 4.85. The number of hydrogen-bond donors (Lipinski definition) is 1. The Morgan fingerprint density at radius 2 is 1.71 bits per heavy atom. The molecule has 2 heterocycles. The van der Waals surface area contributed by atoms with Crippen molar-refractivity contribution in [1.82, 2.24) is 14.7 Å². The summed E-state index contributed by atoms with van der Waals surface area (Å²) in [6.45, 7) is 2.86. The molecule has 0 unspecified atom stereocenters. The summed E-state index contributed by atoms with van der Waals surface area (Å²) in [5.74, 6) is -0.981. The summed E-state index contributed by atoms with van der Waals surface area (Å²) in [4.78, 5) is 39.6. The molecular weight excluding hydrogens is 449 g/mol. The first-order chi connectivity index (χ1) is 16.1. The predicted octanol–water partition coefficient (Wildman–Crippen LogP) is 4.05. The highest BCUT2D eigenvalue weighted by molar-refractivity contribution is 6.03. The van der Waals surface area contributed by atoms with Gasteiger partial charge in [0.15, 0.2) is 5.69 Å². The van der Waals surface area contributed by atoms with Crippen molar-refractivity contribution in [1.29, 1.82) is 0 Å². The van der Waals surface area contributed by atoms with Gasteiger partial charge in [-0.2, -0.15) is 18.3 Å². The van der Waals surface area contributed by atoms with Crippen LogP contribution in [0.3, 0.4) is 0 Å². The van der Waals surface area contributed by atoms with Crippen molar-refractivity contribution in [3.63, 3.8) is 0 Å². The average Bonchev–Trinajstić information content (AvgIpc) is 3.33. The van der Waals surface area contributed by atoms with Gasteiger partial charge < -0.3 is 10.2 Å². The van der Waals surface area contributed by atoms with Crippen molar-refractivity contribution in [3.05, 3.63) is 87.3 Å². The second-order valence-electron chi connectivity index (χ2n) is 7.99. The number of amides is 2. The van der Waals surface area contributed by atoms with Gasteiger partial charge in [-0.05, 0) is 56.2 Å². The summed E-state index contributed by atoms with van der Waals surface area (Å²) in [5.41, 5.74) is -1.03. The van der Waals surface area contributed by atoms with Crippen molar-refractivity contribution < 1.29 is 22.8 Å². The van der Waals surface area contributed by atoms with Crippen LogP contribution in [0.1, 0.15) is 44.9 Å². The molecule has 0 radical (unpaired) electrons. The van der Waals surface area contributed by atoms with Gasteiger partial charge in [-0.25, -0.2) is 4.68 Å². The Kier molecular flexibility index (Phi) is 6.23. The molecule has 0 aliphatic carbocycles. The zero-order valence-corrected chi connectivity index (χ0v) is 18.2. The van der Waals surface area contributed by atoms with E-state index in [1.807, 2.05) is 0 Å². The number of carbonyl (C=O) groups is 2. The van der Waals surface area contributed by atoms with E-state index < -0.39 is 28.8 Å². The van der Waals surface area contributed by atoms with Gasteiger partial charge in [-0.3, -0.25) is 14.4 Å². The summed E-state index contributed by atoms with van der Waals surface area (Å²) in [6.07, 6.45) is -2.67. The number of aromatic nitrogens is 2. The maximum atomic E-state index is 13.1. The topological polar surface area (TPSA) is 84.3 Å². The van der Waals surface area contributed by atoms with Gasteiger partial charge in [0.1, 0.15) is 0 Å². The fourth-order valence-electron chi connectivity index (χ4n) is 3.80. The molecule has 34 heavy (non-hydrogen) atoms. The van der Waals surface area contributed by atoms with Crippen LogP contribution < -0.4 is 10.7 Å². The second kappa shape index (κ2) is 9.12. The largest absolute Gasteiger partial charge is 0.416 e. The van der Waals surface area contributed by atoms with E-state index in [9.17, 15) is 27.6 Å². The minimum atomic E-state index is -4.55. The Morgan fingerprint density at radius 1 is 1.00 bits per heavy atom. The van der Waals surface area contributed by atoms with Crippen molar-refractivity contribution in [2.45, 2.75) is 25.9 Å². The first-order valence-corrected chi connectivity index (χ1v) is 10.6. The molecule has 1 aliphatic rings. The molecule has 176 valence electrons. The third-order valence-corrected chi connectivity index (χ3v) is 5.50. The fourth-order valence-corrected chi connectivity index (χ4v) is 3.80. The van der Waals surface area contributed by atoms with Gasteiger partial charge in [0.05, 0.1) is 11.3 Å². The van der Waals surface area contributed by atoms with E-state index >= 15 is 0 Å². The van der Waals surface area contributed by atoms with Gasteiger partial charge in [0, 0.05) is 36.1 Å². The van der Waals surface area contributed by atoms with E-state index in [1.54, 1.807) is 23.1 Å². The van der Waals surface area contributed by atoms with Gasteiger partial charge >= 0.3 is 6.18 Å². The van der Waals surface area contributed by atoms with E-state index in [4.69, 9.17) is 0 Å². The summed E-state index contributed by atoms with van der Waals surface area (Å²) < 4.78 is 40.5. The Hall–Kier alpha value is -3.95. The number of aryl methyl sites for hydroxylation is 1. The predicted molar refractivity (Wildman–Crippen MR) is 119 cm³/mol. The summed E-state index contributed by atoms with van der Waals surface area (Å²) >= 11 is 0. The lowest BCUT2D eigenvalue weighted by Crippen LogP contribution is -2.28. The normalized spacial score (nSPS) is 13.7. The van der Waals surface area contributed by atoms with Crippen LogP contribution in [0.5, 0.6) is 0 Å². The molecule has 1 N–H and O–H groups in total. The van der Waals surface area contributed by atoms with E-state index in [-0.39, 0.29) is 17.3 Å². The van der Waals surface area contributed by atoms with Gasteiger partial charge in [0.25, 0.3) is 11.8 Å². The van der Waals surface area contributed by atoms with Crippen molar-refractivity contribution in [2.24, 2.45) is 0 Å². The molecule has 1 aromatic heterocycles. The SMILES string of the molecule is Cc1cc(=O)c(C(=O)Nc2cccc(C(=O)N3CCCC3)c2)nn1-c1cccc(C(F)(F)F)c1. The molecule has 3 aromatic rings. The maximum Gasteiger partial charge on any atom is 0.416 e. The van der Waals surface area contributed by atoms with Crippen LogP contribution in [0.25, 0.3) is 5.69 Å². The lowest BCUT2D eigenvalue weighted by atomic mass is 10.1. The highest BCUT2D eigenvalue weighted by Gasteiger charge is 2.30. The average molecular weight is 470 g/mol. The molecule has 0 saturated carbocycles. The smallest absolute Gasteiger partial charge is 0.339 e. The Morgan fingerprint density at radius 3 is 2.41 bits per heavy atom. The molecule has 10 heteroatoms. The molecule has 4 rings (SSSR count). The Bertz CT molecular complexity index is 1310. The van der Waals surface area contributed by atoms with Crippen molar-refractivity contribution in [3.8, 4) is 5.69 Å². The van der Waals surface area contributed by atoms with E-state index in [0.29, 0.717) is 24.3 Å². The summed E-state index contributed by atoms with van der Waals surface area (Å²) in [6, 6.07) is 11.9. The van der Waals surface area contributed by atoms with Gasteiger partial charge in [-0.1, -0.05) is 12.1 Å². The Labute approximate surface area is 192 Å². The van der Waals surface area contributed by atoms with Gasteiger partial charge in [-0.15, -0.1) is 0 Å². The molecule has 0 spiro atoms. The summed E-state index contributed by atoms with van der Waals surface area (Å²) in [7, 11) is 0. The summed E-state index contributed by atoms with van der Waals surface area (Å²) in [5, 5.41) is 6.58. The highest BCUT2D eigenvalue weighted by Crippen LogP contribution is 2.30. The monoisotopic (exact) mass is 470 g/mol. The number of likely N-dealkylation sites (tertiary alicyclic amines) is 1. The molecule has 1 fully saturated rings. The number of nitrogens with one attached hydrogen (secondary N) is 1. The van der Waals surface area contributed by atoms with Crippen molar-refractivity contribution in [2.75, 3.05) is 18.4 Å². The standard InChI is InChI=1S/C24H21F3N4O3/c1-15-12-20(32)21(29-31(15)19-9-5-7-17(14-19)24(25,26)27)22(33)28-18-8-4-6-16(13-18)23(34)30-10-2-3-11-30/h4-9,12-14H,2-3,10-11H2,1H3,(H,28,33). The van der Waals surface area contributed by atoms with E-state index in [2.05, 4.69) is 10.4 Å². The molecular formula is C24H21F3N4O3. The third-order valence-electron chi connectivity index (χ3n) is 5.50. The van der Waals surface area contributed by atoms with Crippen LogP contribution in [0.2, 0.25) is 0 Å². The van der Waals surface area contributed by atoms with Crippen LogP contribution in [0.4, 0.5) is 18.9 Å². The molecule has 1 saturated heterocycles. The first kappa shape index (κ1) is 23.2. The molecule has 0 atom stereocenters. The molecule has 0 bridgehead atoms. The van der Waals surface area contributed by atoms with E-state index in [0.717, 1.165) is 35.7 Å². The zero-order chi connectivity index (χ0) is 24.5. The lowest BCUT2D eigenvalue weighted by molar-refractivity contribution is -0.137.